The summed E-state index contributed by atoms with van der Waals surface area (Å²) in [6, 6.07) is 10.6. The summed E-state index contributed by atoms with van der Waals surface area (Å²) < 4.78 is 31.9. The Morgan fingerprint density at radius 2 is 1.82 bits per heavy atom. The lowest BCUT2D eigenvalue weighted by Crippen LogP contribution is -2.16. The molecule has 5 nitrogen and oxygen atoms in total. The van der Waals surface area contributed by atoms with Gasteiger partial charge in [0.2, 0.25) is 0 Å². The van der Waals surface area contributed by atoms with Crippen molar-refractivity contribution in [3.63, 3.8) is 0 Å². The zero-order chi connectivity index (χ0) is 20.1. The SMILES string of the molecule is Cc1ccc2c(=O)n(C)cc(-c3cc(S(C)(=O)=O)ccc3OCC3CC3)c2c1. The highest BCUT2D eigenvalue weighted by Gasteiger charge is 2.23. The van der Waals surface area contributed by atoms with Gasteiger partial charge in [-0.05, 0) is 55.3 Å². The van der Waals surface area contributed by atoms with Crippen LogP contribution in [0.15, 0.2) is 52.3 Å². The quantitative estimate of drug-likeness (QED) is 0.658. The molecule has 1 saturated carbocycles. The van der Waals surface area contributed by atoms with E-state index in [-0.39, 0.29) is 10.5 Å². The topological polar surface area (TPSA) is 65.4 Å². The van der Waals surface area contributed by atoms with Crippen molar-refractivity contribution >= 4 is 20.6 Å². The van der Waals surface area contributed by atoms with Crippen molar-refractivity contribution in [2.75, 3.05) is 12.9 Å². The second-order valence-corrected chi connectivity index (χ2v) is 9.71. The Morgan fingerprint density at radius 3 is 2.50 bits per heavy atom. The van der Waals surface area contributed by atoms with E-state index in [1.165, 1.54) is 23.7 Å². The van der Waals surface area contributed by atoms with Gasteiger partial charge in [-0.2, -0.15) is 0 Å². The van der Waals surface area contributed by atoms with Crippen LogP contribution in [0.2, 0.25) is 0 Å². The fourth-order valence-electron chi connectivity index (χ4n) is 3.36. The molecule has 2 aromatic carbocycles. The van der Waals surface area contributed by atoms with Gasteiger partial charge in [0.15, 0.2) is 9.84 Å². The molecule has 146 valence electrons. The molecule has 0 N–H and O–H groups in total. The summed E-state index contributed by atoms with van der Waals surface area (Å²) in [7, 11) is -1.67. The fraction of sp³-hybridized carbons (Fsp3) is 0.318. The van der Waals surface area contributed by atoms with E-state index in [1.54, 1.807) is 31.4 Å². The summed E-state index contributed by atoms with van der Waals surface area (Å²) in [6.07, 6.45) is 5.28. The van der Waals surface area contributed by atoms with E-state index in [9.17, 15) is 13.2 Å². The average Bonchev–Trinajstić information content (AvgIpc) is 3.46. The first-order valence-electron chi connectivity index (χ1n) is 9.31. The number of benzene rings is 2. The first kappa shape index (κ1) is 18.7. The van der Waals surface area contributed by atoms with Crippen molar-refractivity contribution in [3.05, 3.63) is 58.5 Å². The first-order valence-corrected chi connectivity index (χ1v) is 11.2. The lowest BCUT2D eigenvalue weighted by molar-refractivity contribution is 0.301. The van der Waals surface area contributed by atoms with Crippen molar-refractivity contribution in [1.82, 2.24) is 4.57 Å². The molecule has 0 atom stereocenters. The number of aromatic nitrogens is 1. The van der Waals surface area contributed by atoms with E-state index in [0.717, 1.165) is 16.5 Å². The highest BCUT2D eigenvalue weighted by atomic mass is 32.2. The molecule has 0 spiro atoms. The second-order valence-electron chi connectivity index (χ2n) is 7.69. The molecule has 1 aliphatic carbocycles. The summed E-state index contributed by atoms with van der Waals surface area (Å²) in [6.45, 7) is 2.59. The van der Waals surface area contributed by atoms with Crippen LogP contribution in [0.4, 0.5) is 0 Å². The van der Waals surface area contributed by atoms with Gasteiger partial charge in [-0.3, -0.25) is 4.79 Å². The Labute approximate surface area is 164 Å². The van der Waals surface area contributed by atoms with Crippen LogP contribution in [0.3, 0.4) is 0 Å². The molecule has 0 unspecified atom stereocenters. The maximum Gasteiger partial charge on any atom is 0.258 e. The van der Waals surface area contributed by atoms with Crippen LogP contribution >= 0.6 is 0 Å². The van der Waals surface area contributed by atoms with E-state index in [1.807, 2.05) is 25.1 Å². The predicted molar refractivity (Wildman–Crippen MR) is 111 cm³/mol. The normalized spacial score (nSPS) is 14.4. The van der Waals surface area contributed by atoms with Crippen LogP contribution in [0, 0.1) is 12.8 Å². The number of fused-ring (bicyclic) bond motifs is 1. The number of hydrogen-bond acceptors (Lipinski definition) is 4. The Morgan fingerprint density at radius 1 is 1.07 bits per heavy atom. The summed E-state index contributed by atoms with van der Waals surface area (Å²) >= 11 is 0. The molecule has 0 radical (unpaired) electrons. The lowest BCUT2D eigenvalue weighted by atomic mass is 9.98. The number of sulfone groups is 1. The van der Waals surface area contributed by atoms with E-state index < -0.39 is 9.84 Å². The molecule has 3 aromatic rings. The van der Waals surface area contributed by atoms with Gasteiger partial charge >= 0.3 is 0 Å². The standard InChI is InChI=1S/C22H23NO4S/c1-14-4-8-17-18(10-14)20(12-23(2)22(17)24)19-11-16(28(3,25)26)7-9-21(19)27-13-15-5-6-15/h4,7-12,15H,5-6,13H2,1-3H3. The zero-order valence-electron chi connectivity index (χ0n) is 16.2. The minimum Gasteiger partial charge on any atom is -0.493 e. The molecule has 0 aliphatic heterocycles. The van der Waals surface area contributed by atoms with Gasteiger partial charge in [-0.1, -0.05) is 17.7 Å². The fourth-order valence-corrected chi connectivity index (χ4v) is 4.01. The number of hydrogen-bond donors (Lipinski definition) is 0. The molecule has 1 fully saturated rings. The van der Waals surface area contributed by atoms with Gasteiger partial charge in [0.25, 0.3) is 5.56 Å². The molecule has 0 amide bonds. The van der Waals surface area contributed by atoms with Crippen LogP contribution in [0.1, 0.15) is 18.4 Å². The third-order valence-electron chi connectivity index (χ3n) is 5.18. The number of pyridine rings is 1. The van der Waals surface area contributed by atoms with Crippen LogP contribution in [0.5, 0.6) is 5.75 Å². The highest BCUT2D eigenvalue weighted by Crippen LogP contribution is 2.38. The Hall–Kier alpha value is -2.60. The lowest BCUT2D eigenvalue weighted by Gasteiger charge is -2.16. The highest BCUT2D eigenvalue weighted by molar-refractivity contribution is 7.90. The molecule has 0 saturated heterocycles. The minimum absolute atomic E-state index is 0.0848. The molecule has 0 bridgehead atoms. The number of aryl methyl sites for hydroxylation is 2. The number of rotatable bonds is 5. The third-order valence-corrected chi connectivity index (χ3v) is 6.29. The smallest absolute Gasteiger partial charge is 0.258 e. The number of ether oxygens (including phenoxy) is 1. The Bertz CT molecular complexity index is 1240. The van der Waals surface area contributed by atoms with Gasteiger partial charge in [-0.25, -0.2) is 8.42 Å². The second kappa shape index (κ2) is 6.78. The maximum absolute atomic E-state index is 12.6. The van der Waals surface area contributed by atoms with Crippen LogP contribution in [0.25, 0.3) is 21.9 Å². The van der Waals surface area contributed by atoms with Crippen LogP contribution in [-0.4, -0.2) is 25.8 Å². The third kappa shape index (κ3) is 3.56. The van der Waals surface area contributed by atoms with E-state index >= 15 is 0 Å². The molecular weight excluding hydrogens is 374 g/mol. The van der Waals surface area contributed by atoms with Gasteiger partial charge in [-0.15, -0.1) is 0 Å². The van der Waals surface area contributed by atoms with Crippen molar-refractivity contribution in [3.8, 4) is 16.9 Å². The van der Waals surface area contributed by atoms with Crippen molar-refractivity contribution in [2.45, 2.75) is 24.7 Å². The molecule has 6 heteroatoms. The summed E-state index contributed by atoms with van der Waals surface area (Å²) in [5.74, 6) is 1.21. The van der Waals surface area contributed by atoms with Gasteiger partial charge in [0.05, 0.1) is 11.5 Å². The van der Waals surface area contributed by atoms with E-state index in [0.29, 0.717) is 29.2 Å². The number of nitrogens with zero attached hydrogens (tertiary/aromatic N) is 1. The first-order chi connectivity index (χ1) is 13.2. The molecule has 1 heterocycles. The monoisotopic (exact) mass is 397 g/mol. The Kier molecular flexibility index (Phi) is 4.54. The summed E-state index contributed by atoms with van der Waals surface area (Å²) in [4.78, 5) is 12.8. The molecule has 1 aromatic heterocycles. The predicted octanol–water partition coefficient (Wildman–Crippen LogP) is 3.71. The van der Waals surface area contributed by atoms with Crippen molar-refractivity contribution in [1.29, 1.82) is 0 Å². The Balaban J connectivity index is 1.99. The molecule has 4 rings (SSSR count). The molecule has 1 aliphatic rings. The summed E-state index contributed by atoms with van der Waals surface area (Å²) in [5.41, 5.74) is 2.42. The maximum atomic E-state index is 12.6. The molecule has 28 heavy (non-hydrogen) atoms. The van der Waals surface area contributed by atoms with E-state index in [2.05, 4.69) is 0 Å². The summed E-state index contributed by atoms with van der Waals surface area (Å²) in [5, 5.41) is 1.40. The van der Waals surface area contributed by atoms with Crippen LogP contribution in [-0.2, 0) is 16.9 Å². The van der Waals surface area contributed by atoms with E-state index in [4.69, 9.17) is 4.74 Å². The zero-order valence-corrected chi connectivity index (χ0v) is 17.0. The van der Waals surface area contributed by atoms with Crippen molar-refractivity contribution in [2.24, 2.45) is 13.0 Å². The van der Waals surface area contributed by atoms with Gasteiger partial charge in [0, 0.05) is 36.0 Å². The van der Waals surface area contributed by atoms with Gasteiger partial charge < -0.3 is 9.30 Å². The largest absolute Gasteiger partial charge is 0.493 e. The van der Waals surface area contributed by atoms with Gasteiger partial charge in [0.1, 0.15) is 5.75 Å². The van der Waals surface area contributed by atoms with Crippen molar-refractivity contribution < 1.29 is 13.2 Å². The average molecular weight is 397 g/mol. The minimum atomic E-state index is -3.37. The molecular formula is C22H23NO4S. The van der Waals surface area contributed by atoms with Crippen LogP contribution < -0.4 is 10.3 Å².